The van der Waals surface area contributed by atoms with E-state index in [2.05, 4.69) is 27.0 Å². The molecule has 150 valence electrons. The van der Waals surface area contributed by atoms with Gasteiger partial charge in [-0.3, -0.25) is 9.69 Å². The minimum absolute atomic E-state index is 0.140. The van der Waals surface area contributed by atoms with E-state index in [1.54, 1.807) is 0 Å². The molecule has 0 radical (unpaired) electrons. The van der Waals surface area contributed by atoms with Gasteiger partial charge in [-0.1, -0.05) is 28.9 Å². The molecule has 2 aliphatic heterocycles. The molecule has 2 aromatic rings. The monoisotopic (exact) mass is 403 g/mol. The molecule has 0 spiro atoms. The van der Waals surface area contributed by atoms with Crippen molar-refractivity contribution in [3.8, 4) is 11.4 Å². The summed E-state index contributed by atoms with van der Waals surface area (Å²) in [6.07, 6.45) is 1.77. The molecule has 8 heteroatoms. The van der Waals surface area contributed by atoms with Crippen LogP contribution in [0.4, 0.5) is 0 Å². The van der Waals surface area contributed by atoms with Gasteiger partial charge in [-0.25, -0.2) is 0 Å². The lowest BCUT2D eigenvalue weighted by Gasteiger charge is -2.37. The SMILES string of the molecule is CN1CCN(C(=O)C2CCN(Cc3nc(-c4ccccc4Cl)no3)CC2)CC1. The lowest BCUT2D eigenvalue weighted by Crippen LogP contribution is -2.50. The largest absolute Gasteiger partial charge is 0.340 e. The molecule has 2 aliphatic rings. The molecule has 0 bridgehead atoms. The first-order valence-electron chi connectivity index (χ1n) is 9.87. The fourth-order valence-corrected chi connectivity index (χ4v) is 4.11. The molecular formula is C20H26ClN5O2. The Bertz CT molecular complexity index is 810. The molecule has 1 aromatic heterocycles. The number of amides is 1. The van der Waals surface area contributed by atoms with Crippen LogP contribution in [-0.4, -0.2) is 77.1 Å². The van der Waals surface area contributed by atoms with E-state index in [4.69, 9.17) is 16.1 Å². The number of hydrogen-bond donors (Lipinski definition) is 0. The molecule has 2 saturated heterocycles. The van der Waals surface area contributed by atoms with Gasteiger partial charge in [-0.2, -0.15) is 4.98 Å². The number of rotatable bonds is 4. The zero-order chi connectivity index (χ0) is 19.5. The first-order valence-corrected chi connectivity index (χ1v) is 10.2. The number of aromatic nitrogens is 2. The van der Waals surface area contributed by atoms with Gasteiger partial charge in [0.15, 0.2) is 0 Å². The van der Waals surface area contributed by atoms with Gasteiger partial charge in [0.1, 0.15) is 0 Å². The van der Waals surface area contributed by atoms with E-state index in [9.17, 15) is 4.79 Å². The van der Waals surface area contributed by atoms with Crippen LogP contribution in [0.5, 0.6) is 0 Å². The molecular weight excluding hydrogens is 378 g/mol. The van der Waals surface area contributed by atoms with E-state index in [0.717, 1.165) is 57.7 Å². The maximum atomic E-state index is 12.8. The molecule has 0 unspecified atom stereocenters. The summed E-state index contributed by atoms with van der Waals surface area (Å²) >= 11 is 6.21. The first-order chi connectivity index (χ1) is 13.6. The number of nitrogens with zero attached hydrogens (tertiary/aromatic N) is 5. The third-order valence-electron chi connectivity index (χ3n) is 5.69. The average molecular weight is 404 g/mol. The molecule has 7 nitrogen and oxygen atoms in total. The van der Waals surface area contributed by atoms with Crippen molar-refractivity contribution in [1.29, 1.82) is 0 Å². The van der Waals surface area contributed by atoms with E-state index in [-0.39, 0.29) is 5.92 Å². The van der Waals surface area contributed by atoms with Crippen molar-refractivity contribution in [2.45, 2.75) is 19.4 Å². The Morgan fingerprint density at radius 3 is 2.57 bits per heavy atom. The van der Waals surface area contributed by atoms with Gasteiger partial charge in [-0.05, 0) is 45.1 Å². The number of likely N-dealkylation sites (N-methyl/N-ethyl adjacent to an activating group) is 1. The van der Waals surface area contributed by atoms with Crippen molar-refractivity contribution in [2.75, 3.05) is 46.3 Å². The smallest absolute Gasteiger partial charge is 0.241 e. The first kappa shape index (κ1) is 19.4. The molecule has 1 aromatic carbocycles. The van der Waals surface area contributed by atoms with E-state index < -0.39 is 0 Å². The molecule has 28 heavy (non-hydrogen) atoms. The van der Waals surface area contributed by atoms with Gasteiger partial charge in [0, 0.05) is 37.7 Å². The van der Waals surface area contributed by atoms with Gasteiger partial charge < -0.3 is 14.3 Å². The van der Waals surface area contributed by atoms with Crippen LogP contribution in [0.15, 0.2) is 28.8 Å². The summed E-state index contributed by atoms with van der Waals surface area (Å²) in [5.41, 5.74) is 0.774. The number of carbonyl (C=O) groups is 1. The predicted molar refractivity (Wildman–Crippen MR) is 107 cm³/mol. The van der Waals surface area contributed by atoms with E-state index in [1.165, 1.54) is 0 Å². The zero-order valence-electron chi connectivity index (χ0n) is 16.2. The Kier molecular flexibility index (Phi) is 5.94. The van der Waals surface area contributed by atoms with Crippen molar-refractivity contribution < 1.29 is 9.32 Å². The summed E-state index contributed by atoms with van der Waals surface area (Å²) in [6.45, 7) is 5.98. The van der Waals surface area contributed by atoms with Crippen molar-refractivity contribution in [1.82, 2.24) is 24.8 Å². The Morgan fingerprint density at radius 1 is 1.14 bits per heavy atom. The molecule has 0 atom stereocenters. The van der Waals surface area contributed by atoms with Crippen LogP contribution in [0.2, 0.25) is 5.02 Å². The number of carbonyl (C=O) groups excluding carboxylic acids is 1. The van der Waals surface area contributed by atoms with Crippen LogP contribution in [0.25, 0.3) is 11.4 Å². The minimum atomic E-state index is 0.140. The Labute approximate surface area is 170 Å². The second kappa shape index (κ2) is 8.59. The number of piperazine rings is 1. The van der Waals surface area contributed by atoms with Crippen LogP contribution in [0.3, 0.4) is 0 Å². The third kappa shape index (κ3) is 4.37. The second-order valence-corrected chi connectivity index (χ2v) is 8.08. The van der Waals surface area contributed by atoms with Crippen LogP contribution >= 0.6 is 11.6 Å². The van der Waals surface area contributed by atoms with E-state index in [0.29, 0.717) is 29.2 Å². The number of halogens is 1. The normalized spacial score (nSPS) is 19.9. The highest BCUT2D eigenvalue weighted by molar-refractivity contribution is 6.33. The number of likely N-dealkylation sites (tertiary alicyclic amines) is 1. The van der Waals surface area contributed by atoms with Crippen molar-refractivity contribution in [2.24, 2.45) is 5.92 Å². The third-order valence-corrected chi connectivity index (χ3v) is 6.02. The standard InChI is InChI=1S/C20H26ClN5O2/c1-24-10-12-26(13-11-24)20(27)15-6-8-25(9-7-15)14-18-22-19(23-28-18)16-4-2-3-5-17(16)21/h2-5,15H,6-14H2,1H3. The van der Waals surface area contributed by atoms with E-state index in [1.807, 2.05) is 29.2 Å². The van der Waals surface area contributed by atoms with Crippen LogP contribution < -0.4 is 0 Å². The maximum Gasteiger partial charge on any atom is 0.241 e. The van der Waals surface area contributed by atoms with Crippen LogP contribution in [0, 0.1) is 5.92 Å². The van der Waals surface area contributed by atoms with Gasteiger partial charge in [0.25, 0.3) is 0 Å². The molecule has 0 aliphatic carbocycles. The van der Waals surface area contributed by atoms with Gasteiger partial charge in [0.2, 0.25) is 17.6 Å². The van der Waals surface area contributed by atoms with Gasteiger partial charge in [-0.15, -0.1) is 0 Å². The van der Waals surface area contributed by atoms with Crippen molar-refractivity contribution in [3.05, 3.63) is 35.2 Å². The highest BCUT2D eigenvalue weighted by Gasteiger charge is 2.30. The molecule has 0 saturated carbocycles. The number of hydrogen-bond acceptors (Lipinski definition) is 6. The average Bonchev–Trinajstić information content (AvgIpc) is 3.17. The summed E-state index contributed by atoms with van der Waals surface area (Å²) in [7, 11) is 2.11. The highest BCUT2D eigenvalue weighted by atomic mass is 35.5. The predicted octanol–water partition coefficient (Wildman–Crippen LogP) is 2.38. The number of piperidine rings is 1. The van der Waals surface area contributed by atoms with Crippen molar-refractivity contribution in [3.63, 3.8) is 0 Å². The van der Waals surface area contributed by atoms with Gasteiger partial charge in [0.05, 0.1) is 11.6 Å². The summed E-state index contributed by atoms with van der Waals surface area (Å²) in [5, 5.41) is 4.67. The topological polar surface area (TPSA) is 65.7 Å². The quantitative estimate of drug-likeness (QED) is 0.780. The summed E-state index contributed by atoms with van der Waals surface area (Å²) in [4.78, 5) is 23.8. The fourth-order valence-electron chi connectivity index (χ4n) is 3.89. The zero-order valence-corrected chi connectivity index (χ0v) is 16.9. The number of benzene rings is 1. The fraction of sp³-hybridized carbons (Fsp3) is 0.550. The lowest BCUT2D eigenvalue weighted by molar-refractivity contribution is -0.138. The van der Waals surface area contributed by atoms with Crippen molar-refractivity contribution >= 4 is 17.5 Å². The van der Waals surface area contributed by atoms with Crippen LogP contribution in [-0.2, 0) is 11.3 Å². The molecule has 4 rings (SSSR count). The molecule has 1 amide bonds. The molecule has 0 N–H and O–H groups in total. The molecule has 2 fully saturated rings. The van der Waals surface area contributed by atoms with Crippen LogP contribution in [0.1, 0.15) is 18.7 Å². The Morgan fingerprint density at radius 2 is 1.86 bits per heavy atom. The van der Waals surface area contributed by atoms with E-state index >= 15 is 0 Å². The Hall–Kier alpha value is -1.96. The second-order valence-electron chi connectivity index (χ2n) is 7.67. The minimum Gasteiger partial charge on any atom is -0.340 e. The summed E-state index contributed by atoms with van der Waals surface area (Å²) in [6, 6.07) is 7.47. The lowest BCUT2D eigenvalue weighted by atomic mass is 9.95. The Balaban J connectivity index is 1.29. The highest BCUT2D eigenvalue weighted by Crippen LogP contribution is 2.26. The maximum absolute atomic E-state index is 12.8. The van der Waals surface area contributed by atoms with Gasteiger partial charge >= 0.3 is 0 Å². The summed E-state index contributed by atoms with van der Waals surface area (Å²) in [5.74, 6) is 1.56. The molecule has 3 heterocycles. The summed E-state index contributed by atoms with van der Waals surface area (Å²) < 4.78 is 5.42.